The lowest BCUT2D eigenvalue weighted by Gasteiger charge is -2.72. The number of ether oxygens (including phenoxy) is 2. The molecule has 0 saturated carbocycles. The maximum absolute atomic E-state index is 14.0. The molecule has 12 aliphatic rings. The SMILES string of the molecule is CCN(CC)C1CCN(C2CC(N(C)C)CCN2C2CC(C(=O)O)CCN2C2(N3CCCCC3)CC(O)CCN2C2(N3C(C)COCC3(C)N3CCC(C)CC3)CC(N3CCCC3)CCN2)C(N2CCCC2(C)N2CCC(N3CCOCC3)CC2)C1. The first-order valence-corrected chi connectivity index (χ1v) is 36.2. The maximum atomic E-state index is 14.0. The molecule has 492 valence electrons. The van der Waals surface area contributed by atoms with Gasteiger partial charge in [0.1, 0.15) is 11.6 Å². The molecule has 0 aliphatic carbocycles. The second-order valence-corrected chi connectivity index (χ2v) is 30.5. The Labute approximate surface area is 521 Å². The first-order chi connectivity index (χ1) is 41.6. The summed E-state index contributed by atoms with van der Waals surface area (Å²) < 4.78 is 12.7. The minimum absolute atomic E-state index is 0.0430. The van der Waals surface area contributed by atoms with Gasteiger partial charge >= 0.3 is 5.97 Å². The van der Waals surface area contributed by atoms with Crippen LogP contribution in [0.15, 0.2) is 0 Å². The highest BCUT2D eigenvalue weighted by molar-refractivity contribution is 5.70. The summed E-state index contributed by atoms with van der Waals surface area (Å²) in [6, 6.07) is 2.13. The molecular formula is C67H124N14O5. The minimum Gasteiger partial charge on any atom is -0.481 e. The molecule has 12 fully saturated rings. The summed E-state index contributed by atoms with van der Waals surface area (Å²) in [6.45, 7) is 36.4. The fraction of sp³-hybridized carbons (Fsp3) is 0.985. The van der Waals surface area contributed by atoms with Crippen LogP contribution in [0.25, 0.3) is 0 Å². The molecule has 19 heteroatoms. The Kier molecular flexibility index (Phi) is 21.0. The zero-order valence-corrected chi connectivity index (χ0v) is 55.7. The van der Waals surface area contributed by atoms with Crippen LogP contribution in [0.1, 0.15) is 176 Å². The highest BCUT2D eigenvalue weighted by Gasteiger charge is 2.67. The van der Waals surface area contributed by atoms with Crippen molar-refractivity contribution in [3.05, 3.63) is 0 Å². The number of rotatable bonds is 16. The summed E-state index contributed by atoms with van der Waals surface area (Å²) >= 11 is 0. The summed E-state index contributed by atoms with van der Waals surface area (Å²) in [4.78, 5) is 51.6. The van der Waals surface area contributed by atoms with E-state index in [1.807, 2.05) is 0 Å². The zero-order chi connectivity index (χ0) is 60.0. The topological polar surface area (TPSA) is 130 Å². The maximum Gasteiger partial charge on any atom is 0.306 e. The van der Waals surface area contributed by atoms with Gasteiger partial charge in [-0.05, 0) is 189 Å². The summed E-state index contributed by atoms with van der Waals surface area (Å²) in [7, 11) is 4.63. The molecular weight excluding hydrogens is 1080 g/mol. The van der Waals surface area contributed by atoms with E-state index in [4.69, 9.17) is 9.47 Å². The van der Waals surface area contributed by atoms with Gasteiger partial charge in [-0.3, -0.25) is 49.3 Å². The Morgan fingerprint density at radius 3 is 1.92 bits per heavy atom. The molecule has 13 unspecified atom stereocenters. The molecule has 0 aromatic heterocycles. The van der Waals surface area contributed by atoms with Crippen molar-refractivity contribution in [3.8, 4) is 0 Å². The first kappa shape index (κ1) is 64.9. The normalized spacial score (nSPS) is 42.2. The number of carboxylic acid groups (broad SMARTS) is 1. The molecule has 0 spiro atoms. The van der Waals surface area contributed by atoms with E-state index >= 15 is 0 Å². The summed E-state index contributed by atoms with van der Waals surface area (Å²) in [5.74, 6) is -1.64. The van der Waals surface area contributed by atoms with Gasteiger partial charge in [0.05, 0.1) is 68.3 Å². The molecule has 12 saturated heterocycles. The quantitative estimate of drug-likeness (QED) is 0.181. The third kappa shape index (κ3) is 12.5. The smallest absolute Gasteiger partial charge is 0.306 e. The van der Waals surface area contributed by atoms with Crippen LogP contribution in [-0.2, 0) is 14.3 Å². The van der Waals surface area contributed by atoms with Crippen molar-refractivity contribution in [2.45, 2.75) is 254 Å². The van der Waals surface area contributed by atoms with E-state index in [-0.39, 0.29) is 35.9 Å². The number of carboxylic acids is 1. The Morgan fingerprint density at radius 2 is 1.23 bits per heavy atom. The number of aliphatic hydroxyl groups excluding tert-OH is 1. The van der Waals surface area contributed by atoms with Gasteiger partial charge in [0.15, 0.2) is 0 Å². The van der Waals surface area contributed by atoms with Gasteiger partial charge in [-0.15, -0.1) is 0 Å². The number of nitrogens with zero attached hydrogens (tertiary/aromatic N) is 13. The monoisotopic (exact) mass is 1200 g/mol. The molecule has 0 radical (unpaired) electrons. The molecule has 86 heavy (non-hydrogen) atoms. The van der Waals surface area contributed by atoms with E-state index < -0.39 is 29.6 Å². The van der Waals surface area contributed by atoms with E-state index in [0.29, 0.717) is 69.1 Å². The molecule has 0 bridgehead atoms. The first-order valence-electron chi connectivity index (χ1n) is 36.2. The van der Waals surface area contributed by atoms with Crippen LogP contribution in [0.4, 0.5) is 0 Å². The van der Waals surface area contributed by atoms with Gasteiger partial charge in [0.25, 0.3) is 0 Å². The van der Waals surface area contributed by atoms with Gasteiger partial charge < -0.3 is 34.4 Å². The zero-order valence-electron chi connectivity index (χ0n) is 55.7. The van der Waals surface area contributed by atoms with E-state index in [1.165, 1.54) is 70.9 Å². The van der Waals surface area contributed by atoms with Gasteiger partial charge in [-0.1, -0.05) is 27.2 Å². The fourth-order valence-electron chi connectivity index (χ4n) is 21.0. The highest BCUT2D eigenvalue weighted by atomic mass is 16.5. The van der Waals surface area contributed by atoms with Crippen molar-refractivity contribution in [1.29, 1.82) is 0 Å². The second-order valence-electron chi connectivity index (χ2n) is 30.5. The molecule has 0 amide bonds. The molecule has 0 aromatic rings. The van der Waals surface area contributed by atoms with Gasteiger partial charge in [0.2, 0.25) is 0 Å². The minimum atomic E-state index is -0.694. The third-order valence-corrected chi connectivity index (χ3v) is 25.7. The number of piperidine rings is 8. The molecule has 13 atom stereocenters. The van der Waals surface area contributed by atoms with Crippen molar-refractivity contribution < 1.29 is 24.5 Å². The Bertz CT molecular complexity index is 2170. The Balaban J connectivity index is 0.977. The predicted octanol–water partition coefficient (Wildman–Crippen LogP) is 5.47. The Hall–Kier alpha value is -1.21. The van der Waals surface area contributed by atoms with E-state index in [2.05, 4.69) is 125 Å². The van der Waals surface area contributed by atoms with Crippen molar-refractivity contribution >= 4 is 5.97 Å². The molecule has 0 aromatic carbocycles. The van der Waals surface area contributed by atoms with Gasteiger partial charge in [-0.2, -0.15) is 0 Å². The molecule has 12 heterocycles. The van der Waals surface area contributed by atoms with E-state index in [1.54, 1.807) is 0 Å². The molecule has 12 rings (SSSR count). The lowest BCUT2D eigenvalue weighted by molar-refractivity contribution is -0.340. The number of morpholine rings is 2. The molecule has 19 nitrogen and oxygen atoms in total. The highest BCUT2D eigenvalue weighted by Crippen LogP contribution is 2.52. The number of hydrogen-bond donors (Lipinski definition) is 3. The third-order valence-electron chi connectivity index (χ3n) is 25.7. The predicted molar refractivity (Wildman–Crippen MR) is 341 cm³/mol. The van der Waals surface area contributed by atoms with Crippen molar-refractivity contribution in [3.63, 3.8) is 0 Å². The molecule has 3 N–H and O–H groups in total. The second kappa shape index (κ2) is 27.8. The van der Waals surface area contributed by atoms with E-state index in [0.717, 1.165) is 169 Å². The largest absolute Gasteiger partial charge is 0.481 e. The van der Waals surface area contributed by atoms with Crippen LogP contribution in [0, 0.1) is 11.8 Å². The number of nitrogens with one attached hydrogen (secondary N) is 1. The molecule has 12 aliphatic heterocycles. The van der Waals surface area contributed by atoms with Gasteiger partial charge in [0, 0.05) is 128 Å². The summed E-state index contributed by atoms with van der Waals surface area (Å²) in [6.07, 6.45) is 22.1. The van der Waals surface area contributed by atoms with Crippen LogP contribution < -0.4 is 5.32 Å². The van der Waals surface area contributed by atoms with Crippen molar-refractivity contribution in [2.24, 2.45) is 11.8 Å². The number of aliphatic carboxylic acids is 1. The van der Waals surface area contributed by atoms with Crippen molar-refractivity contribution in [1.82, 2.24) is 69.0 Å². The standard InChI is InChI=1S/C67H124N14O5/c1-9-70(10-2)57-24-38-77(62(47-57)78-32-16-26-64(78,5)73-35-21-55(22-36-73)72-41-43-85-44-42-72)60-46-56(69(7)8)23-37-76(60)61-45-54(63(83)84)20-39-79(61)67(75-30-12-11-13-31-75)49-59(82)25-40-80(67)66(48-58(17-27-68-66)71-28-14-15-29-71)81-53(4)50-86-51-65(81,6)74-33-18-52(3)19-34-74/h52-62,68,82H,9-51H2,1-8H3,(H,83,84). The van der Waals surface area contributed by atoms with Gasteiger partial charge in [-0.25, -0.2) is 9.80 Å². The lowest BCUT2D eigenvalue weighted by atomic mass is 9.83. The number of carbonyl (C=O) groups is 1. The van der Waals surface area contributed by atoms with Crippen LogP contribution >= 0.6 is 0 Å². The van der Waals surface area contributed by atoms with Crippen molar-refractivity contribution in [2.75, 3.05) is 158 Å². The summed E-state index contributed by atoms with van der Waals surface area (Å²) in [5, 5.41) is 29.0. The Morgan fingerprint density at radius 1 is 0.593 bits per heavy atom. The fourth-order valence-corrected chi connectivity index (χ4v) is 21.0. The lowest BCUT2D eigenvalue weighted by Crippen LogP contribution is -2.90. The van der Waals surface area contributed by atoms with Crippen LogP contribution in [0.3, 0.4) is 0 Å². The van der Waals surface area contributed by atoms with Crippen LogP contribution in [0.5, 0.6) is 0 Å². The number of aliphatic hydroxyl groups is 1. The van der Waals surface area contributed by atoms with Crippen LogP contribution in [0.2, 0.25) is 0 Å². The average Bonchev–Trinajstić information content (AvgIpc) is 0.824. The average molecular weight is 1210 g/mol. The van der Waals surface area contributed by atoms with Crippen LogP contribution in [-0.4, -0.2) is 316 Å². The number of hydrogen-bond acceptors (Lipinski definition) is 18. The van der Waals surface area contributed by atoms with E-state index in [9.17, 15) is 15.0 Å². The summed E-state index contributed by atoms with van der Waals surface area (Å²) in [5.41, 5.74) is -0.413. The number of likely N-dealkylation sites (tertiary alicyclic amines) is 9.